The van der Waals surface area contributed by atoms with Gasteiger partial charge in [-0.2, -0.15) is 0 Å². The quantitative estimate of drug-likeness (QED) is 0.903. The minimum absolute atomic E-state index is 0.261. The van der Waals surface area contributed by atoms with E-state index >= 15 is 0 Å². The van der Waals surface area contributed by atoms with Crippen molar-refractivity contribution < 1.29 is 9.47 Å². The van der Waals surface area contributed by atoms with Crippen molar-refractivity contribution in [3.8, 4) is 11.5 Å². The molecule has 1 aliphatic carbocycles. The fraction of sp³-hybridized carbons (Fsp3) is 0.625. The zero-order valence-electron chi connectivity index (χ0n) is 12.0. The summed E-state index contributed by atoms with van der Waals surface area (Å²) in [7, 11) is 0. The van der Waals surface area contributed by atoms with Crippen molar-refractivity contribution in [2.45, 2.75) is 51.0 Å². The van der Waals surface area contributed by atoms with E-state index in [1.807, 2.05) is 0 Å². The van der Waals surface area contributed by atoms with Crippen molar-refractivity contribution >= 4 is 11.6 Å². The van der Waals surface area contributed by atoms with Crippen molar-refractivity contribution in [2.24, 2.45) is 5.73 Å². The predicted octanol–water partition coefficient (Wildman–Crippen LogP) is 3.79. The van der Waals surface area contributed by atoms with Crippen LogP contribution in [-0.2, 0) is 12.0 Å². The number of rotatable bonds is 2. The lowest BCUT2D eigenvalue weighted by atomic mass is 9.75. The van der Waals surface area contributed by atoms with Crippen LogP contribution < -0.4 is 15.2 Å². The van der Waals surface area contributed by atoms with Gasteiger partial charge < -0.3 is 15.2 Å². The molecular formula is C16H22ClNO2. The monoisotopic (exact) mass is 295 g/mol. The first-order chi connectivity index (χ1) is 9.65. The lowest BCUT2D eigenvalue weighted by Crippen LogP contribution is -2.39. The van der Waals surface area contributed by atoms with Gasteiger partial charge in [0.2, 0.25) is 0 Å². The third-order valence-electron chi connectivity index (χ3n) is 4.51. The minimum Gasteiger partial charge on any atom is -0.486 e. The molecule has 0 saturated heterocycles. The van der Waals surface area contributed by atoms with Gasteiger partial charge in [0.25, 0.3) is 0 Å². The van der Waals surface area contributed by atoms with Crippen LogP contribution in [0.2, 0.25) is 5.02 Å². The van der Waals surface area contributed by atoms with E-state index in [-0.39, 0.29) is 5.54 Å². The number of benzene rings is 1. The van der Waals surface area contributed by atoms with E-state index in [1.165, 1.54) is 19.3 Å². The summed E-state index contributed by atoms with van der Waals surface area (Å²) >= 11 is 6.55. The topological polar surface area (TPSA) is 44.5 Å². The number of ether oxygens (including phenoxy) is 2. The predicted molar refractivity (Wildman–Crippen MR) is 80.8 cm³/mol. The van der Waals surface area contributed by atoms with Crippen LogP contribution in [0, 0.1) is 0 Å². The Morgan fingerprint density at radius 1 is 1.20 bits per heavy atom. The molecule has 3 rings (SSSR count). The van der Waals surface area contributed by atoms with Crippen LogP contribution in [0.5, 0.6) is 11.5 Å². The van der Waals surface area contributed by atoms with Gasteiger partial charge >= 0.3 is 0 Å². The zero-order valence-corrected chi connectivity index (χ0v) is 12.8. The van der Waals surface area contributed by atoms with Gasteiger partial charge in [-0.1, -0.05) is 37.8 Å². The Labute approximate surface area is 125 Å². The van der Waals surface area contributed by atoms with E-state index in [9.17, 15) is 0 Å². The molecule has 1 fully saturated rings. The second kappa shape index (κ2) is 5.45. The van der Waals surface area contributed by atoms with Crippen LogP contribution in [0.25, 0.3) is 0 Å². The summed E-state index contributed by atoms with van der Waals surface area (Å²) in [6.45, 7) is 3.25. The Morgan fingerprint density at radius 2 is 1.90 bits per heavy atom. The molecule has 0 aromatic heterocycles. The summed E-state index contributed by atoms with van der Waals surface area (Å²) in [6.07, 6.45) is 6.56. The molecule has 2 N–H and O–H groups in total. The molecule has 20 heavy (non-hydrogen) atoms. The standard InChI is InChI=1S/C16H22ClNO2/c1-2-11-12(16(18)6-4-3-5-7-16)10-13-15(14(11)17)20-9-8-19-13/h10H,2-9,18H2,1H3. The third kappa shape index (κ3) is 2.27. The van der Waals surface area contributed by atoms with Crippen LogP contribution in [0.15, 0.2) is 6.07 Å². The van der Waals surface area contributed by atoms with Crippen LogP contribution in [-0.4, -0.2) is 13.2 Å². The van der Waals surface area contributed by atoms with Crippen molar-refractivity contribution in [2.75, 3.05) is 13.2 Å². The van der Waals surface area contributed by atoms with Crippen molar-refractivity contribution in [3.63, 3.8) is 0 Å². The Morgan fingerprint density at radius 3 is 2.60 bits per heavy atom. The van der Waals surface area contributed by atoms with Crippen molar-refractivity contribution in [1.82, 2.24) is 0 Å². The number of halogens is 1. The van der Waals surface area contributed by atoms with Gasteiger partial charge in [-0.05, 0) is 36.5 Å². The van der Waals surface area contributed by atoms with E-state index in [1.54, 1.807) is 0 Å². The minimum atomic E-state index is -0.261. The summed E-state index contributed by atoms with van der Waals surface area (Å²) in [5, 5.41) is 0.690. The van der Waals surface area contributed by atoms with Gasteiger partial charge in [-0.25, -0.2) is 0 Å². The number of nitrogens with two attached hydrogens (primary N) is 1. The van der Waals surface area contributed by atoms with Crippen molar-refractivity contribution in [1.29, 1.82) is 0 Å². The molecule has 1 heterocycles. The second-order valence-electron chi connectivity index (χ2n) is 5.81. The van der Waals surface area contributed by atoms with Crippen LogP contribution in [0.1, 0.15) is 50.2 Å². The normalized spacial score (nSPS) is 20.8. The Balaban J connectivity index is 2.11. The summed E-state index contributed by atoms with van der Waals surface area (Å²) in [5.74, 6) is 1.45. The maximum absolute atomic E-state index is 6.70. The molecule has 1 aromatic carbocycles. The van der Waals surface area contributed by atoms with Gasteiger partial charge in [0.05, 0.1) is 5.02 Å². The number of hydrogen-bond donors (Lipinski definition) is 1. The van der Waals surface area contributed by atoms with E-state index in [0.717, 1.165) is 36.1 Å². The van der Waals surface area contributed by atoms with Gasteiger partial charge in [-0.15, -0.1) is 0 Å². The molecule has 0 bridgehead atoms. The summed E-state index contributed by atoms with van der Waals surface area (Å²) in [6, 6.07) is 2.07. The fourth-order valence-corrected chi connectivity index (χ4v) is 3.81. The molecule has 1 saturated carbocycles. The van der Waals surface area contributed by atoms with E-state index in [2.05, 4.69) is 13.0 Å². The Bertz CT molecular complexity index is 510. The molecule has 1 aliphatic heterocycles. The van der Waals surface area contributed by atoms with E-state index in [0.29, 0.717) is 24.0 Å². The summed E-state index contributed by atoms with van der Waals surface area (Å²) in [5.41, 5.74) is 8.73. The highest BCUT2D eigenvalue weighted by atomic mass is 35.5. The molecule has 0 amide bonds. The highest BCUT2D eigenvalue weighted by molar-refractivity contribution is 6.33. The molecule has 110 valence electrons. The lowest BCUT2D eigenvalue weighted by Gasteiger charge is -2.36. The number of fused-ring (bicyclic) bond motifs is 1. The first-order valence-corrected chi connectivity index (χ1v) is 7.94. The number of hydrogen-bond acceptors (Lipinski definition) is 3. The van der Waals surface area contributed by atoms with Crippen LogP contribution in [0.4, 0.5) is 0 Å². The molecule has 3 nitrogen and oxygen atoms in total. The third-order valence-corrected chi connectivity index (χ3v) is 4.91. The van der Waals surface area contributed by atoms with E-state index < -0.39 is 0 Å². The van der Waals surface area contributed by atoms with E-state index in [4.69, 9.17) is 26.8 Å². The zero-order chi connectivity index (χ0) is 14.2. The molecule has 0 unspecified atom stereocenters. The van der Waals surface area contributed by atoms with Gasteiger partial charge in [0.1, 0.15) is 13.2 Å². The highest BCUT2D eigenvalue weighted by Crippen LogP contribution is 2.46. The Hall–Kier alpha value is -0.930. The average Bonchev–Trinajstić information content (AvgIpc) is 2.48. The molecule has 4 heteroatoms. The smallest absolute Gasteiger partial charge is 0.180 e. The summed E-state index contributed by atoms with van der Waals surface area (Å²) in [4.78, 5) is 0. The first kappa shape index (κ1) is 14.0. The van der Waals surface area contributed by atoms with Crippen LogP contribution in [0.3, 0.4) is 0 Å². The van der Waals surface area contributed by atoms with Gasteiger partial charge in [0.15, 0.2) is 11.5 Å². The van der Waals surface area contributed by atoms with Crippen LogP contribution >= 0.6 is 11.6 Å². The maximum atomic E-state index is 6.70. The molecule has 0 radical (unpaired) electrons. The van der Waals surface area contributed by atoms with Gasteiger partial charge in [0, 0.05) is 5.54 Å². The van der Waals surface area contributed by atoms with Gasteiger partial charge in [-0.3, -0.25) is 0 Å². The molecule has 2 aliphatic rings. The first-order valence-electron chi connectivity index (χ1n) is 7.56. The highest BCUT2D eigenvalue weighted by Gasteiger charge is 2.34. The molecule has 0 spiro atoms. The molecule has 0 atom stereocenters. The lowest BCUT2D eigenvalue weighted by molar-refractivity contribution is 0.170. The molecular weight excluding hydrogens is 274 g/mol. The fourth-order valence-electron chi connectivity index (χ4n) is 3.43. The largest absolute Gasteiger partial charge is 0.486 e. The SMILES string of the molecule is CCc1c(C2(N)CCCCC2)cc2c(c1Cl)OCCO2. The average molecular weight is 296 g/mol. The summed E-state index contributed by atoms with van der Waals surface area (Å²) < 4.78 is 11.4. The molecule has 1 aromatic rings. The second-order valence-corrected chi connectivity index (χ2v) is 6.19. The van der Waals surface area contributed by atoms with Crippen molar-refractivity contribution in [3.05, 3.63) is 22.2 Å². The maximum Gasteiger partial charge on any atom is 0.180 e. The Kier molecular flexibility index (Phi) is 3.83.